The van der Waals surface area contributed by atoms with Gasteiger partial charge in [-0.15, -0.1) is 22.7 Å². The van der Waals surface area contributed by atoms with Crippen molar-refractivity contribution < 1.29 is 17.7 Å². The maximum absolute atomic E-state index is 13.3. The second-order valence-corrected chi connectivity index (χ2v) is 12.8. The van der Waals surface area contributed by atoms with Crippen molar-refractivity contribution in [2.75, 3.05) is 13.1 Å². The molecule has 0 aromatic carbocycles. The molecule has 1 amide bonds. The molecule has 4 heterocycles. The Morgan fingerprint density at radius 2 is 2.06 bits per heavy atom. The van der Waals surface area contributed by atoms with Gasteiger partial charge in [-0.3, -0.25) is 4.79 Å². The van der Waals surface area contributed by atoms with Crippen molar-refractivity contribution in [3.8, 4) is 10.7 Å². The Hall–Kier alpha value is -2.08. The zero-order chi connectivity index (χ0) is 23.0. The number of nitrogens with zero attached hydrogens (tertiary/aromatic N) is 3. The zero-order valence-corrected chi connectivity index (χ0v) is 20.8. The lowest BCUT2D eigenvalue weighted by Crippen LogP contribution is -2.42. The molecule has 33 heavy (non-hydrogen) atoms. The topological polar surface area (TPSA) is 105 Å². The molecule has 1 N–H and O–H groups in total. The molecule has 2 fully saturated rings. The SMILES string of the molecule is Cc1sc(-c2noc(C3CCC3)n2)cc1S(=O)(=O)N1CCC(C(=O)NCc2cccs2)CC1. The molecule has 176 valence electrons. The van der Waals surface area contributed by atoms with Crippen LogP contribution in [-0.4, -0.2) is 41.9 Å². The van der Waals surface area contributed by atoms with Gasteiger partial charge < -0.3 is 9.84 Å². The Morgan fingerprint density at radius 1 is 1.27 bits per heavy atom. The fourth-order valence-electron chi connectivity index (χ4n) is 4.22. The Labute approximate surface area is 201 Å². The van der Waals surface area contributed by atoms with Crippen LogP contribution in [0.15, 0.2) is 33.0 Å². The summed E-state index contributed by atoms with van der Waals surface area (Å²) in [4.78, 5) is 19.8. The molecule has 11 heteroatoms. The van der Waals surface area contributed by atoms with Gasteiger partial charge in [0.25, 0.3) is 0 Å². The average Bonchev–Trinajstić information content (AvgIpc) is 3.52. The first-order valence-electron chi connectivity index (χ1n) is 11.2. The number of carbonyl (C=O) groups is 1. The minimum absolute atomic E-state index is 0.00572. The van der Waals surface area contributed by atoms with Crippen molar-refractivity contribution >= 4 is 38.6 Å². The summed E-state index contributed by atoms with van der Waals surface area (Å²) in [6.45, 7) is 2.99. The van der Waals surface area contributed by atoms with Crippen LogP contribution >= 0.6 is 22.7 Å². The minimum Gasteiger partial charge on any atom is -0.351 e. The molecule has 0 bridgehead atoms. The number of sulfonamides is 1. The third-order valence-electron chi connectivity index (χ3n) is 6.45. The lowest BCUT2D eigenvalue weighted by molar-refractivity contribution is -0.126. The largest absolute Gasteiger partial charge is 0.351 e. The highest BCUT2D eigenvalue weighted by molar-refractivity contribution is 7.89. The van der Waals surface area contributed by atoms with Crippen LogP contribution in [0.5, 0.6) is 0 Å². The first kappa shape index (κ1) is 22.7. The smallest absolute Gasteiger partial charge is 0.244 e. The predicted octanol–water partition coefficient (Wildman–Crippen LogP) is 4.15. The Balaban J connectivity index is 1.23. The summed E-state index contributed by atoms with van der Waals surface area (Å²) in [5.41, 5.74) is 0. The number of aromatic nitrogens is 2. The zero-order valence-electron chi connectivity index (χ0n) is 18.3. The Kier molecular flexibility index (Phi) is 6.39. The molecule has 8 nitrogen and oxygen atoms in total. The van der Waals surface area contributed by atoms with Crippen molar-refractivity contribution in [2.24, 2.45) is 5.92 Å². The predicted molar refractivity (Wildman–Crippen MR) is 127 cm³/mol. The number of nitrogens with one attached hydrogen (secondary N) is 1. The second-order valence-electron chi connectivity index (χ2n) is 8.59. The van der Waals surface area contributed by atoms with Gasteiger partial charge in [0, 0.05) is 34.7 Å². The number of thiophene rings is 2. The number of hydrogen-bond donors (Lipinski definition) is 1. The summed E-state index contributed by atoms with van der Waals surface area (Å²) in [6, 6.07) is 5.60. The monoisotopic (exact) mass is 506 g/mol. The summed E-state index contributed by atoms with van der Waals surface area (Å²) < 4.78 is 33.6. The molecule has 3 aromatic rings. The Bertz CT molecular complexity index is 1220. The molecular weight excluding hydrogens is 480 g/mol. The van der Waals surface area contributed by atoms with E-state index in [4.69, 9.17) is 4.52 Å². The molecular formula is C22H26N4O4S3. The van der Waals surface area contributed by atoms with Crippen molar-refractivity contribution in [3.63, 3.8) is 0 Å². The summed E-state index contributed by atoms with van der Waals surface area (Å²) in [5, 5.41) is 9.03. The molecule has 0 spiro atoms. The molecule has 1 aliphatic heterocycles. The molecule has 0 atom stereocenters. The van der Waals surface area contributed by atoms with E-state index in [-0.39, 0.29) is 16.7 Å². The van der Waals surface area contributed by atoms with Gasteiger partial charge in [-0.25, -0.2) is 8.42 Å². The quantitative estimate of drug-likeness (QED) is 0.516. The third-order valence-corrected chi connectivity index (χ3v) is 10.5. The van der Waals surface area contributed by atoms with E-state index in [2.05, 4.69) is 15.5 Å². The summed E-state index contributed by atoms with van der Waals surface area (Å²) in [7, 11) is -3.65. The fourth-order valence-corrected chi connectivity index (χ4v) is 7.82. The molecule has 1 saturated carbocycles. The number of amides is 1. The highest BCUT2D eigenvalue weighted by atomic mass is 32.2. The Morgan fingerprint density at radius 3 is 2.73 bits per heavy atom. The second kappa shape index (κ2) is 9.28. The van der Waals surface area contributed by atoms with Gasteiger partial charge in [0.2, 0.25) is 27.6 Å². The maximum Gasteiger partial charge on any atom is 0.244 e. The van der Waals surface area contributed by atoms with Gasteiger partial charge in [0.1, 0.15) is 0 Å². The molecule has 0 unspecified atom stereocenters. The maximum atomic E-state index is 13.3. The van der Waals surface area contributed by atoms with Crippen LogP contribution in [0.2, 0.25) is 0 Å². The van der Waals surface area contributed by atoms with Gasteiger partial charge in [-0.05, 0) is 50.1 Å². The molecule has 2 aliphatic rings. The van der Waals surface area contributed by atoms with E-state index in [1.165, 1.54) is 22.1 Å². The van der Waals surface area contributed by atoms with E-state index in [1.54, 1.807) is 24.3 Å². The van der Waals surface area contributed by atoms with Crippen LogP contribution in [0.25, 0.3) is 10.7 Å². The van der Waals surface area contributed by atoms with Crippen LogP contribution in [0.3, 0.4) is 0 Å². The van der Waals surface area contributed by atoms with Crippen LogP contribution in [-0.2, 0) is 21.4 Å². The lowest BCUT2D eigenvalue weighted by Gasteiger charge is -2.30. The van der Waals surface area contributed by atoms with Gasteiger partial charge in [0.05, 0.1) is 16.3 Å². The molecule has 1 saturated heterocycles. The van der Waals surface area contributed by atoms with Crippen molar-refractivity contribution in [3.05, 3.63) is 39.2 Å². The van der Waals surface area contributed by atoms with E-state index in [1.807, 2.05) is 17.5 Å². The number of carbonyl (C=O) groups excluding carboxylic acids is 1. The normalized spacial score (nSPS) is 18.3. The molecule has 0 radical (unpaired) electrons. The van der Waals surface area contributed by atoms with Gasteiger partial charge >= 0.3 is 0 Å². The molecule has 3 aromatic heterocycles. The van der Waals surface area contributed by atoms with Gasteiger partial charge in [0.15, 0.2) is 0 Å². The molecule has 5 rings (SSSR count). The van der Waals surface area contributed by atoms with Gasteiger partial charge in [-0.1, -0.05) is 17.6 Å². The van der Waals surface area contributed by atoms with E-state index < -0.39 is 10.0 Å². The van der Waals surface area contributed by atoms with Crippen LogP contribution in [0.1, 0.15) is 53.7 Å². The van der Waals surface area contributed by atoms with E-state index in [9.17, 15) is 13.2 Å². The third kappa shape index (κ3) is 4.64. The molecule has 1 aliphatic carbocycles. The van der Waals surface area contributed by atoms with Crippen LogP contribution in [0, 0.1) is 12.8 Å². The lowest BCUT2D eigenvalue weighted by atomic mass is 9.85. The summed E-state index contributed by atoms with van der Waals surface area (Å²) in [5.74, 6) is 1.26. The number of hydrogen-bond acceptors (Lipinski definition) is 8. The fraction of sp³-hybridized carbons (Fsp3) is 0.500. The van der Waals surface area contributed by atoms with Gasteiger partial charge in [-0.2, -0.15) is 9.29 Å². The number of aryl methyl sites for hydroxylation is 1. The van der Waals surface area contributed by atoms with E-state index >= 15 is 0 Å². The van der Waals surface area contributed by atoms with Crippen LogP contribution in [0.4, 0.5) is 0 Å². The minimum atomic E-state index is -3.65. The standard InChI is InChI=1S/C22H26N4O4S3/c1-14-19(12-18(32-14)20-24-22(30-25-20)16-4-2-5-16)33(28,29)26-9-7-15(8-10-26)21(27)23-13-17-6-3-11-31-17/h3,6,11-12,15-16H,2,4-5,7-10,13H2,1H3,(H,23,27). The highest BCUT2D eigenvalue weighted by Gasteiger charge is 2.34. The first-order chi connectivity index (χ1) is 15.9. The number of piperidine rings is 1. The van der Waals surface area contributed by atoms with Crippen molar-refractivity contribution in [1.82, 2.24) is 19.8 Å². The first-order valence-corrected chi connectivity index (χ1v) is 14.3. The average molecular weight is 507 g/mol. The highest BCUT2D eigenvalue weighted by Crippen LogP contribution is 2.38. The number of rotatable bonds is 7. The summed E-state index contributed by atoms with van der Waals surface area (Å²) >= 11 is 2.97. The van der Waals surface area contributed by atoms with Crippen molar-refractivity contribution in [1.29, 1.82) is 0 Å². The van der Waals surface area contributed by atoms with Crippen molar-refractivity contribution in [2.45, 2.75) is 56.4 Å². The van der Waals surface area contributed by atoms with E-state index in [0.29, 0.717) is 59.9 Å². The van der Waals surface area contributed by atoms with Crippen LogP contribution < -0.4 is 5.32 Å². The van der Waals surface area contributed by atoms with E-state index in [0.717, 1.165) is 17.7 Å². The summed E-state index contributed by atoms with van der Waals surface area (Å²) in [6.07, 6.45) is 4.33.